The molecule has 0 aliphatic rings. The van der Waals surface area contributed by atoms with Crippen molar-refractivity contribution in [2.75, 3.05) is 20.2 Å². The predicted octanol–water partition coefficient (Wildman–Crippen LogP) is 4.18. The monoisotopic (exact) mass is 445 g/mol. The summed E-state index contributed by atoms with van der Waals surface area (Å²) in [4.78, 5) is 34.9. The molecular formula is C20H26F3N3O5. The Labute approximate surface area is 178 Å². The van der Waals surface area contributed by atoms with Gasteiger partial charge in [0.2, 0.25) is 5.82 Å². The molecule has 1 unspecified atom stereocenters. The van der Waals surface area contributed by atoms with Crippen molar-refractivity contribution in [3.8, 4) is 0 Å². The predicted molar refractivity (Wildman–Crippen MR) is 107 cm³/mol. The van der Waals surface area contributed by atoms with E-state index in [1.165, 1.54) is 0 Å². The summed E-state index contributed by atoms with van der Waals surface area (Å²) >= 11 is 0. The second-order valence-electron chi connectivity index (χ2n) is 6.84. The highest BCUT2D eigenvalue weighted by molar-refractivity contribution is 6.19. The third kappa shape index (κ3) is 6.25. The van der Waals surface area contributed by atoms with E-state index in [0.717, 1.165) is 45.9 Å². The molecule has 1 aromatic rings. The summed E-state index contributed by atoms with van der Waals surface area (Å²) in [7, 11) is 0.962. The largest absolute Gasteiger partial charge is 0.468 e. The molecule has 1 atom stereocenters. The Kier molecular flexibility index (Phi) is 10.1. The normalized spacial score (nSPS) is 12.1. The minimum absolute atomic E-state index is 0.522. The van der Waals surface area contributed by atoms with Crippen LogP contribution >= 0.6 is 0 Å². The summed E-state index contributed by atoms with van der Waals surface area (Å²) in [5.74, 6) is -9.89. The summed E-state index contributed by atoms with van der Waals surface area (Å²) in [6, 6.07) is 0. The number of hydrogen-bond donors (Lipinski definition) is 0. The highest BCUT2D eigenvalue weighted by Gasteiger charge is 2.39. The van der Waals surface area contributed by atoms with E-state index in [-0.39, 0.29) is 0 Å². The van der Waals surface area contributed by atoms with E-state index in [1.807, 2.05) is 13.8 Å². The van der Waals surface area contributed by atoms with Gasteiger partial charge in [-0.3, -0.25) is 24.7 Å². The van der Waals surface area contributed by atoms with Crippen molar-refractivity contribution in [3.63, 3.8) is 0 Å². The number of rotatable bonds is 12. The van der Waals surface area contributed by atoms with Crippen LogP contribution in [0.2, 0.25) is 0 Å². The lowest BCUT2D eigenvalue weighted by atomic mass is 9.94. The summed E-state index contributed by atoms with van der Waals surface area (Å²) in [5, 5.41) is 17.0. The summed E-state index contributed by atoms with van der Waals surface area (Å²) in [5.41, 5.74) is -3.93. The molecule has 0 bridgehead atoms. The topological polar surface area (TPSA) is 102 Å². The molecule has 0 saturated heterocycles. The van der Waals surface area contributed by atoms with E-state index in [2.05, 4.69) is 9.84 Å². The highest BCUT2D eigenvalue weighted by Crippen LogP contribution is 2.32. The minimum atomic E-state index is -1.99. The number of Topliss-reactive ketones (excluding diaryl/α,β-unsaturated/α-hetero) is 1. The molecular weight excluding hydrogens is 419 g/mol. The van der Waals surface area contributed by atoms with Gasteiger partial charge in [-0.25, -0.2) is 8.78 Å². The average Bonchev–Trinajstić information content (AvgIpc) is 2.75. The van der Waals surface area contributed by atoms with E-state index < -0.39 is 56.9 Å². The van der Waals surface area contributed by atoms with Gasteiger partial charge in [0.05, 0.1) is 12.0 Å². The molecule has 0 saturated carbocycles. The van der Waals surface area contributed by atoms with Crippen molar-refractivity contribution in [2.24, 2.45) is 11.0 Å². The fourth-order valence-corrected chi connectivity index (χ4v) is 2.75. The van der Waals surface area contributed by atoms with Crippen LogP contribution in [-0.2, 0) is 9.53 Å². The molecule has 11 heteroatoms. The number of unbranched alkanes of at least 4 members (excludes halogenated alkanes) is 2. The summed E-state index contributed by atoms with van der Waals surface area (Å²) in [6.45, 7) is 5.81. The fourth-order valence-electron chi connectivity index (χ4n) is 2.75. The van der Waals surface area contributed by atoms with Crippen molar-refractivity contribution in [3.05, 3.63) is 38.7 Å². The van der Waals surface area contributed by atoms with Gasteiger partial charge in [0.1, 0.15) is 11.4 Å². The number of halogens is 3. The third-order valence-corrected chi connectivity index (χ3v) is 4.60. The van der Waals surface area contributed by atoms with Gasteiger partial charge in [-0.15, -0.1) is 0 Å². The van der Waals surface area contributed by atoms with E-state index in [0.29, 0.717) is 13.1 Å². The Hall–Kier alpha value is -2.98. The van der Waals surface area contributed by atoms with E-state index in [9.17, 15) is 32.9 Å². The number of nitro benzene ring substituents is 1. The van der Waals surface area contributed by atoms with Crippen LogP contribution in [0.1, 0.15) is 55.5 Å². The number of carbonyl (C=O) groups excluding carboxylic acids is 2. The first-order valence-electron chi connectivity index (χ1n) is 9.84. The molecule has 31 heavy (non-hydrogen) atoms. The minimum Gasteiger partial charge on any atom is -0.468 e. The molecule has 1 aromatic carbocycles. The number of ether oxygens (including phenoxy) is 1. The number of nitro groups is 1. The Balaban J connectivity index is 3.49. The number of methoxy groups -OCH3 is 1. The number of carbonyl (C=O) groups is 2. The molecule has 0 aromatic heterocycles. The number of esters is 1. The Bertz CT molecular complexity index is 853. The molecule has 0 spiro atoms. The zero-order chi connectivity index (χ0) is 23.7. The van der Waals surface area contributed by atoms with Crippen molar-refractivity contribution in [2.45, 2.75) is 46.5 Å². The van der Waals surface area contributed by atoms with Gasteiger partial charge in [-0.05, 0) is 19.8 Å². The zero-order valence-electron chi connectivity index (χ0n) is 17.9. The summed E-state index contributed by atoms with van der Waals surface area (Å²) < 4.78 is 47.2. The number of hydrogen-bond acceptors (Lipinski definition) is 7. The first-order chi connectivity index (χ1) is 14.6. The fraction of sp³-hybridized carbons (Fsp3) is 0.550. The van der Waals surface area contributed by atoms with Crippen LogP contribution in [0.3, 0.4) is 0 Å². The average molecular weight is 445 g/mol. The molecule has 0 fully saturated rings. The molecule has 1 rings (SSSR count). The van der Waals surface area contributed by atoms with Crippen LogP contribution in [0, 0.1) is 40.4 Å². The lowest BCUT2D eigenvalue weighted by Crippen LogP contribution is -2.30. The Morgan fingerprint density at radius 2 is 1.68 bits per heavy atom. The van der Waals surface area contributed by atoms with E-state index >= 15 is 0 Å². The van der Waals surface area contributed by atoms with Crippen molar-refractivity contribution >= 4 is 23.7 Å². The molecule has 172 valence electrons. The van der Waals surface area contributed by atoms with Crippen molar-refractivity contribution in [1.82, 2.24) is 5.01 Å². The number of ketones is 1. The first-order valence-corrected chi connectivity index (χ1v) is 9.84. The van der Waals surface area contributed by atoms with Gasteiger partial charge >= 0.3 is 11.7 Å². The van der Waals surface area contributed by atoms with Gasteiger partial charge in [0, 0.05) is 24.9 Å². The first kappa shape index (κ1) is 26.1. The van der Waals surface area contributed by atoms with Crippen LogP contribution in [0.5, 0.6) is 0 Å². The molecule has 0 aliphatic heterocycles. The Morgan fingerprint density at radius 1 is 1.13 bits per heavy atom. The van der Waals surface area contributed by atoms with Gasteiger partial charge in [-0.1, -0.05) is 26.7 Å². The van der Waals surface area contributed by atoms with Crippen LogP contribution in [-0.4, -0.2) is 48.1 Å². The molecule has 0 N–H and O–H groups in total. The quantitative estimate of drug-likeness (QED) is 0.0910. The molecule has 8 nitrogen and oxygen atoms in total. The second kappa shape index (κ2) is 12.0. The maximum atomic E-state index is 14.6. The maximum Gasteiger partial charge on any atom is 0.322 e. The van der Waals surface area contributed by atoms with Crippen molar-refractivity contribution in [1.29, 1.82) is 0 Å². The lowest BCUT2D eigenvalue weighted by Gasteiger charge is -2.19. The maximum absolute atomic E-state index is 14.6. The summed E-state index contributed by atoms with van der Waals surface area (Å²) in [6.07, 6.45) is 4.17. The molecule has 0 aliphatic carbocycles. The number of hydrazone groups is 1. The molecule has 0 radical (unpaired) electrons. The van der Waals surface area contributed by atoms with E-state index in [4.69, 9.17) is 0 Å². The highest BCUT2D eigenvalue weighted by atomic mass is 19.2. The standard InChI is InChI=1S/C20H26F3N3O5/c1-5-7-9-25(10-8-6-2)24-11-13(20(28)31-4)19(27)14-15(21)12(3)16(22)17(23)18(14)26(29)30/h11,13H,5-10H2,1-4H3. The van der Waals surface area contributed by atoms with Crippen LogP contribution in [0.25, 0.3) is 0 Å². The molecule has 0 heterocycles. The Morgan fingerprint density at radius 3 is 2.13 bits per heavy atom. The van der Waals surface area contributed by atoms with Gasteiger partial charge in [-0.2, -0.15) is 9.49 Å². The van der Waals surface area contributed by atoms with Gasteiger partial charge in [0.25, 0.3) is 0 Å². The van der Waals surface area contributed by atoms with E-state index in [1.54, 1.807) is 5.01 Å². The van der Waals surface area contributed by atoms with Gasteiger partial charge < -0.3 is 4.74 Å². The SMILES string of the molecule is CCCCN(CCCC)N=CC(C(=O)OC)C(=O)c1c(F)c(C)c(F)c(F)c1[N+](=O)[O-]. The van der Waals surface area contributed by atoms with Crippen LogP contribution in [0.15, 0.2) is 5.10 Å². The number of nitrogens with zero attached hydrogens (tertiary/aromatic N) is 3. The van der Waals surface area contributed by atoms with Crippen molar-refractivity contribution < 1.29 is 32.4 Å². The molecule has 0 amide bonds. The third-order valence-electron chi connectivity index (χ3n) is 4.60. The van der Waals surface area contributed by atoms with Crippen LogP contribution < -0.4 is 0 Å². The zero-order valence-corrected chi connectivity index (χ0v) is 17.9. The lowest BCUT2D eigenvalue weighted by molar-refractivity contribution is -0.388. The number of benzene rings is 1. The van der Waals surface area contributed by atoms with Gasteiger partial charge in [0.15, 0.2) is 17.5 Å². The smallest absolute Gasteiger partial charge is 0.322 e. The second-order valence-corrected chi connectivity index (χ2v) is 6.84. The van der Waals surface area contributed by atoms with Crippen LogP contribution in [0.4, 0.5) is 18.9 Å².